The molecule has 8 nitrogen and oxygen atoms in total. The lowest BCUT2D eigenvalue weighted by atomic mass is 10.4. The molecule has 0 spiro atoms. The minimum atomic E-state index is -0.977. The molecule has 1 aromatic heterocycles. The Morgan fingerprint density at radius 1 is 1.37 bits per heavy atom. The van der Waals surface area contributed by atoms with Crippen LogP contribution in [0.4, 0.5) is 10.6 Å². The summed E-state index contributed by atoms with van der Waals surface area (Å²) in [5, 5.41) is 20.7. The second-order valence-corrected chi connectivity index (χ2v) is 3.95. The van der Waals surface area contributed by atoms with Crippen LogP contribution in [0, 0.1) is 0 Å². The summed E-state index contributed by atoms with van der Waals surface area (Å²) in [5.74, 6) is -0.356. The third-order valence-corrected chi connectivity index (χ3v) is 1.86. The standard InChI is InChI=1S/C11H16N4O4/c1-7(2)19-9-4-3-8(14-15-9)13-11(18)12-6-5-10(16)17/h3-4,7H,5-6H2,1-2H3,(H,16,17)(H2,12,13,14,18). The van der Waals surface area contributed by atoms with E-state index in [1.165, 1.54) is 0 Å². The van der Waals surface area contributed by atoms with Gasteiger partial charge in [0, 0.05) is 12.6 Å². The van der Waals surface area contributed by atoms with E-state index >= 15 is 0 Å². The van der Waals surface area contributed by atoms with E-state index in [1.807, 2.05) is 13.8 Å². The predicted octanol–water partition coefficient (Wildman–Crippen LogP) is 0.860. The molecule has 0 fully saturated rings. The van der Waals surface area contributed by atoms with E-state index in [4.69, 9.17) is 9.84 Å². The minimum absolute atomic E-state index is 0.00701. The first-order valence-electron chi connectivity index (χ1n) is 5.74. The summed E-state index contributed by atoms with van der Waals surface area (Å²) in [6.45, 7) is 3.77. The topological polar surface area (TPSA) is 113 Å². The van der Waals surface area contributed by atoms with Crippen LogP contribution < -0.4 is 15.4 Å². The Balaban J connectivity index is 2.40. The van der Waals surface area contributed by atoms with Crippen molar-refractivity contribution in [1.29, 1.82) is 0 Å². The molecule has 0 aliphatic heterocycles. The van der Waals surface area contributed by atoms with Crippen molar-refractivity contribution in [2.75, 3.05) is 11.9 Å². The predicted molar refractivity (Wildman–Crippen MR) is 67.1 cm³/mol. The number of hydrogen-bond acceptors (Lipinski definition) is 5. The summed E-state index contributed by atoms with van der Waals surface area (Å²) in [6.07, 6.45) is -0.146. The van der Waals surface area contributed by atoms with Gasteiger partial charge >= 0.3 is 12.0 Å². The van der Waals surface area contributed by atoms with Gasteiger partial charge in [0.1, 0.15) is 0 Å². The molecule has 2 amide bonds. The lowest BCUT2D eigenvalue weighted by Gasteiger charge is -2.08. The molecule has 0 radical (unpaired) electrons. The van der Waals surface area contributed by atoms with E-state index in [2.05, 4.69) is 20.8 Å². The van der Waals surface area contributed by atoms with Crippen LogP contribution in [0.25, 0.3) is 0 Å². The third-order valence-electron chi connectivity index (χ3n) is 1.86. The molecule has 19 heavy (non-hydrogen) atoms. The first-order valence-corrected chi connectivity index (χ1v) is 5.74. The van der Waals surface area contributed by atoms with Gasteiger partial charge in [0.15, 0.2) is 5.82 Å². The van der Waals surface area contributed by atoms with Crippen molar-refractivity contribution in [3.05, 3.63) is 12.1 Å². The molecule has 0 unspecified atom stereocenters. The van der Waals surface area contributed by atoms with E-state index in [0.29, 0.717) is 5.88 Å². The summed E-state index contributed by atoms with van der Waals surface area (Å²) >= 11 is 0. The molecule has 3 N–H and O–H groups in total. The van der Waals surface area contributed by atoms with Crippen molar-refractivity contribution in [1.82, 2.24) is 15.5 Å². The normalized spacial score (nSPS) is 10.1. The fourth-order valence-electron chi connectivity index (χ4n) is 1.13. The first kappa shape index (κ1) is 14.7. The second-order valence-electron chi connectivity index (χ2n) is 3.95. The molecule has 0 aliphatic rings. The third kappa shape index (κ3) is 6.20. The molecule has 0 saturated heterocycles. The van der Waals surface area contributed by atoms with Crippen LogP contribution in [0.5, 0.6) is 5.88 Å². The number of aliphatic carboxylic acids is 1. The molecule has 1 aromatic rings. The maximum absolute atomic E-state index is 11.3. The van der Waals surface area contributed by atoms with Gasteiger partial charge < -0.3 is 15.2 Å². The lowest BCUT2D eigenvalue weighted by Crippen LogP contribution is -2.30. The van der Waals surface area contributed by atoms with Crippen molar-refractivity contribution in [2.45, 2.75) is 26.4 Å². The van der Waals surface area contributed by atoms with E-state index < -0.39 is 12.0 Å². The number of ether oxygens (including phenoxy) is 1. The van der Waals surface area contributed by atoms with Crippen LogP contribution in [0.2, 0.25) is 0 Å². The molecule has 0 aromatic carbocycles. The van der Waals surface area contributed by atoms with E-state index in [0.717, 1.165) is 0 Å². The Labute approximate surface area is 110 Å². The number of nitrogens with zero attached hydrogens (tertiary/aromatic N) is 2. The molecule has 8 heteroatoms. The fourth-order valence-corrected chi connectivity index (χ4v) is 1.13. The molecule has 0 saturated carbocycles. The van der Waals surface area contributed by atoms with Crippen molar-refractivity contribution in [3.8, 4) is 5.88 Å². The highest BCUT2D eigenvalue weighted by atomic mass is 16.5. The highest BCUT2D eigenvalue weighted by Crippen LogP contribution is 2.09. The number of carbonyl (C=O) groups is 2. The van der Waals surface area contributed by atoms with Gasteiger partial charge in [-0.25, -0.2) is 4.79 Å². The molecule has 0 atom stereocenters. The highest BCUT2D eigenvalue weighted by Gasteiger charge is 2.05. The smallest absolute Gasteiger partial charge is 0.320 e. The Bertz CT molecular complexity index is 433. The van der Waals surface area contributed by atoms with E-state index in [-0.39, 0.29) is 24.9 Å². The van der Waals surface area contributed by atoms with Gasteiger partial charge in [0.05, 0.1) is 12.5 Å². The number of aromatic nitrogens is 2. The van der Waals surface area contributed by atoms with Crippen molar-refractivity contribution < 1.29 is 19.4 Å². The van der Waals surface area contributed by atoms with Crippen LogP contribution in [-0.4, -0.2) is 40.0 Å². The van der Waals surface area contributed by atoms with Crippen LogP contribution in [0.15, 0.2) is 12.1 Å². The number of carbonyl (C=O) groups excluding carboxylic acids is 1. The van der Waals surface area contributed by atoms with Gasteiger partial charge in [-0.3, -0.25) is 10.1 Å². The van der Waals surface area contributed by atoms with Crippen LogP contribution in [-0.2, 0) is 4.79 Å². The monoisotopic (exact) mass is 268 g/mol. The molecule has 1 heterocycles. The van der Waals surface area contributed by atoms with Gasteiger partial charge in [0.2, 0.25) is 5.88 Å². The number of hydrogen-bond donors (Lipinski definition) is 3. The summed E-state index contributed by atoms with van der Waals surface area (Å²) in [7, 11) is 0. The Morgan fingerprint density at radius 2 is 2.11 bits per heavy atom. The summed E-state index contributed by atoms with van der Waals surface area (Å²) in [5.41, 5.74) is 0. The maximum Gasteiger partial charge on any atom is 0.320 e. The highest BCUT2D eigenvalue weighted by molar-refractivity contribution is 5.88. The van der Waals surface area contributed by atoms with Crippen molar-refractivity contribution in [3.63, 3.8) is 0 Å². The van der Waals surface area contributed by atoms with E-state index in [1.54, 1.807) is 12.1 Å². The average Bonchev–Trinajstić information content (AvgIpc) is 2.30. The van der Waals surface area contributed by atoms with Gasteiger partial charge in [-0.2, -0.15) is 0 Å². The number of anilines is 1. The van der Waals surface area contributed by atoms with Crippen LogP contribution in [0.3, 0.4) is 0 Å². The second kappa shape index (κ2) is 7.14. The number of rotatable bonds is 6. The molecule has 0 bridgehead atoms. The van der Waals surface area contributed by atoms with Crippen molar-refractivity contribution in [2.24, 2.45) is 0 Å². The Hall–Kier alpha value is -2.38. The quantitative estimate of drug-likeness (QED) is 0.705. The minimum Gasteiger partial charge on any atom is -0.481 e. The molecular formula is C11H16N4O4. The number of carboxylic acid groups (broad SMARTS) is 1. The first-order chi connectivity index (χ1) is 8.97. The summed E-state index contributed by atoms with van der Waals surface area (Å²) < 4.78 is 5.30. The fraction of sp³-hybridized carbons (Fsp3) is 0.455. The number of carboxylic acids is 1. The summed E-state index contributed by atoms with van der Waals surface area (Å²) in [4.78, 5) is 21.6. The molecule has 1 rings (SSSR count). The van der Waals surface area contributed by atoms with Gasteiger partial charge in [-0.15, -0.1) is 10.2 Å². The van der Waals surface area contributed by atoms with Gasteiger partial charge in [-0.1, -0.05) is 0 Å². The molecule has 104 valence electrons. The van der Waals surface area contributed by atoms with Crippen LogP contribution in [0.1, 0.15) is 20.3 Å². The lowest BCUT2D eigenvalue weighted by molar-refractivity contribution is -0.136. The SMILES string of the molecule is CC(C)Oc1ccc(NC(=O)NCCC(=O)O)nn1. The largest absolute Gasteiger partial charge is 0.481 e. The maximum atomic E-state index is 11.3. The Morgan fingerprint density at radius 3 is 2.63 bits per heavy atom. The van der Waals surface area contributed by atoms with Crippen molar-refractivity contribution >= 4 is 17.8 Å². The average molecular weight is 268 g/mol. The Kier molecular flexibility index (Phi) is 5.52. The zero-order chi connectivity index (χ0) is 14.3. The van der Waals surface area contributed by atoms with Gasteiger partial charge in [-0.05, 0) is 19.9 Å². The molecular weight excluding hydrogens is 252 g/mol. The zero-order valence-corrected chi connectivity index (χ0v) is 10.7. The number of amides is 2. The zero-order valence-electron chi connectivity index (χ0n) is 10.7. The van der Waals surface area contributed by atoms with Gasteiger partial charge in [0.25, 0.3) is 0 Å². The number of urea groups is 1. The van der Waals surface area contributed by atoms with E-state index in [9.17, 15) is 9.59 Å². The summed E-state index contributed by atoms with van der Waals surface area (Å²) in [6, 6.07) is 2.59. The number of nitrogens with one attached hydrogen (secondary N) is 2. The van der Waals surface area contributed by atoms with Crippen LogP contribution >= 0.6 is 0 Å². The molecule has 0 aliphatic carbocycles.